The molecule has 0 spiro atoms. The number of rotatable bonds is 5. The van der Waals surface area contributed by atoms with E-state index in [1.807, 2.05) is 6.07 Å². The summed E-state index contributed by atoms with van der Waals surface area (Å²) >= 11 is 3.58. The Kier molecular flexibility index (Phi) is 4.43. The van der Waals surface area contributed by atoms with Crippen LogP contribution in [0.4, 0.5) is 0 Å². The van der Waals surface area contributed by atoms with Crippen molar-refractivity contribution in [3.05, 3.63) is 34.3 Å². The van der Waals surface area contributed by atoms with Crippen molar-refractivity contribution in [2.45, 2.75) is 37.3 Å². The number of nitrogens with one attached hydrogen (secondary N) is 1. The Morgan fingerprint density at radius 2 is 2.06 bits per heavy atom. The SMILES string of the molecule is CC(O)(CO)CNC1CC(c2ccccc2Br)C1. The Morgan fingerprint density at radius 1 is 1.39 bits per heavy atom. The van der Waals surface area contributed by atoms with Crippen molar-refractivity contribution in [2.75, 3.05) is 13.2 Å². The maximum Gasteiger partial charge on any atom is 0.0972 e. The minimum atomic E-state index is -1.02. The summed E-state index contributed by atoms with van der Waals surface area (Å²) in [4.78, 5) is 0. The third-order valence-electron chi connectivity index (χ3n) is 3.60. The van der Waals surface area contributed by atoms with E-state index in [1.165, 1.54) is 10.0 Å². The summed E-state index contributed by atoms with van der Waals surface area (Å²) in [6, 6.07) is 8.78. The zero-order valence-corrected chi connectivity index (χ0v) is 12.2. The van der Waals surface area contributed by atoms with Crippen LogP contribution in [0.1, 0.15) is 31.2 Å². The topological polar surface area (TPSA) is 52.5 Å². The van der Waals surface area contributed by atoms with E-state index in [9.17, 15) is 5.11 Å². The van der Waals surface area contributed by atoms with Gasteiger partial charge in [0.1, 0.15) is 0 Å². The molecule has 0 saturated heterocycles. The van der Waals surface area contributed by atoms with Gasteiger partial charge in [-0.1, -0.05) is 34.1 Å². The molecule has 1 unspecified atom stereocenters. The molecule has 0 bridgehead atoms. The predicted molar refractivity (Wildman–Crippen MR) is 75.6 cm³/mol. The molecule has 0 aromatic heterocycles. The Labute approximate surface area is 116 Å². The summed E-state index contributed by atoms with van der Waals surface area (Å²) in [5, 5.41) is 22.0. The number of benzene rings is 1. The molecule has 1 fully saturated rings. The molecule has 3 nitrogen and oxygen atoms in total. The molecule has 1 saturated carbocycles. The van der Waals surface area contributed by atoms with Crippen LogP contribution in [0.3, 0.4) is 0 Å². The number of aliphatic hydroxyl groups is 2. The van der Waals surface area contributed by atoms with Gasteiger partial charge < -0.3 is 15.5 Å². The Balaban J connectivity index is 1.79. The van der Waals surface area contributed by atoms with Gasteiger partial charge in [0.2, 0.25) is 0 Å². The summed E-state index contributed by atoms with van der Waals surface area (Å²) < 4.78 is 1.18. The zero-order chi connectivity index (χ0) is 13.2. The molecule has 0 amide bonds. The molecule has 0 heterocycles. The normalized spacial score (nSPS) is 26.4. The monoisotopic (exact) mass is 313 g/mol. The fraction of sp³-hybridized carbons (Fsp3) is 0.571. The lowest BCUT2D eigenvalue weighted by Gasteiger charge is -2.38. The smallest absolute Gasteiger partial charge is 0.0972 e. The van der Waals surface area contributed by atoms with E-state index in [0.29, 0.717) is 18.5 Å². The third kappa shape index (κ3) is 3.32. The molecule has 1 atom stereocenters. The van der Waals surface area contributed by atoms with E-state index in [-0.39, 0.29) is 6.61 Å². The maximum atomic E-state index is 9.70. The number of halogens is 1. The average molecular weight is 314 g/mol. The van der Waals surface area contributed by atoms with Gasteiger partial charge in [-0.05, 0) is 37.3 Å². The standard InChI is InChI=1S/C14H20BrNO2/c1-14(18,9-17)8-16-11-6-10(7-11)12-4-2-3-5-13(12)15/h2-5,10-11,16-18H,6-9H2,1H3. The van der Waals surface area contributed by atoms with Crippen molar-refractivity contribution in [1.82, 2.24) is 5.32 Å². The van der Waals surface area contributed by atoms with Crippen LogP contribution < -0.4 is 5.32 Å². The summed E-state index contributed by atoms with van der Waals surface area (Å²) in [6.45, 7) is 1.88. The first-order valence-electron chi connectivity index (χ1n) is 6.33. The molecule has 1 aromatic carbocycles. The molecule has 2 rings (SSSR count). The van der Waals surface area contributed by atoms with E-state index in [2.05, 4.69) is 39.4 Å². The van der Waals surface area contributed by atoms with Gasteiger partial charge in [-0.2, -0.15) is 0 Å². The van der Waals surface area contributed by atoms with Gasteiger partial charge in [0, 0.05) is 17.1 Å². The van der Waals surface area contributed by atoms with Gasteiger partial charge in [-0.15, -0.1) is 0 Å². The third-order valence-corrected chi connectivity index (χ3v) is 4.32. The highest BCUT2D eigenvalue weighted by molar-refractivity contribution is 9.10. The van der Waals surface area contributed by atoms with Crippen molar-refractivity contribution in [3.8, 4) is 0 Å². The van der Waals surface area contributed by atoms with E-state index >= 15 is 0 Å². The lowest BCUT2D eigenvalue weighted by atomic mass is 9.75. The van der Waals surface area contributed by atoms with Gasteiger partial charge in [0.15, 0.2) is 0 Å². The van der Waals surface area contributed by atoms with Gasteiger partial charge in [0.05, 0.1) is 12.2 Å². The van der Waals surface area contributed by atoms with Crippen molar-refractivity contribution in [3.63, 3.8) is 0 Å². The summed E-state index contributed by atoms with van der Waals surface area (Å²) in [5.74, 6) is 0.595. The van der Waals surface area contributed by atoms with Gasteiger partial charge in [0.25, 0.3) is 0 Å². The number of aliphatic hydroxyl groups excluding tert-OH is 1. The highest BCUT2D eigenvalue weighted by Gasteiger charge is 2.32. The minimum absolute atomic E-state index is 0.208. The molecule has 18 heavy (non-hydrogen) atoms. The fourth-order valence-corrected chi connectivity index (χ4v) is 2.87. The Morgan fingerprint density at radius 3 is 2.67 bits per heavy atom. The first-order valence-corrected chi connectivity index (χ1v) is 7.12. The van der Waals surface area contributed by atoms with Crippen LogP contribution in [0.25, 0.3) is 0 Å². The molecule has 4 heteroatoms. The van der Waals surface area contributed by atoms with Gasteiger partial charge >= 0.3 is 0 Å². The first kappa shape index (κ1) is 14.0. The van der Waals surface area contributed by atoms with E-state index < -0.39 is 5.60 Å². The predicted octanol–water partition coefficient (Wildman–Crippen LogP) is 2.03. The first-order chi connectivity index (χ1) is 8.52. The quantitative estimate of drug-likeness (QED) is 0.779. The molecular formula is C14H20BrNO2. The highest BCUT2D eigenvalue weighted by Crippen LogP contribution is 2.39. The number of hydrogen-bond donors (Lipinski definition) is 3. The van der Waals surface area contributed by atoms with Crippen LogP contribution in [0.2, 0.25) is 0 Å². The summed E-state index contributed by atoms with van der Waals surface area (Å²) in [5.41, 5.74) is 0.350. The molecule has 1 aromatic rings. The highest BCUT2D eigenvalue weighted by atomic mass is 79.9. The average Bonchev–Trinajstić information content (AvgIpc) is 2.29. The van der Waals surface area contributed by atoms with Gasteiger partial charge in [-0.3, -0.25) is 0 Å². The second kappa shape index (κ2) is 5.70. The molecule has 100 valence electrons. The summed E-state index contributed by atoms with van der Waals surface area (Å²) in [6.07, 6.45) is 2.17. The van der Waals surface area contributed by atoms with Crippen LogP contribution >= 0.6 is 15.9 Å². The Hall–Kier alpha value is -0.420. The maximum absolute atomic E-state index is 9.70. The molecule has 0 radical (unpaired) electrons. The minimum Gasteiger partial charge on any atom is -0.393 e. The van der Waals surface area contributed by atoms with Crippen LogP contribution in [0.15, 0.2) is 28.7 Å². The largest absolute Gasteiger partial charge is 0.393 e. The van der Waals surface area contributed by atoms with Crippen molar-refractivity contribution in [2.24, 2.45) is 0 Å². The molecule has 3 N–H and O–H groups in total. The second-order valence-electron chi connectivity index (χ2n) is 5.42. The summed E-state index contributed by atoms with van der Waals surface area (Å²) in [7, 11) is 0. The van der Waals surface area contributed by atoms with Crippen LogP contribution in [0.5, 0.6) is 0 Å². The number of hydrogen-bond acceptors (Lipinski definition) is 3. The lowest BCUT2D eigenvalue weighted by molar-refractivity contribution is -0.00186. The second-order valence-corrected chi connectivity index (χ2v) is 6.28. The van der Waals surface area contributed by atoms with E-state index in [4.69, 9.17) is 5.11 Å². The van der Waals surface area contributed by atoms with Gasteiger partial charge in [-0.25, -0.2) is 0 Å². The molecule has 0 aliphatic heterocycles. The lowest BCUT2D eigenvalue weighted by Crippen LogP contribution is -2.48. The zero-order valence-electron chi connectivity index (χ0n) is 10.6. The van der Waals surface area contributed by atoms with Crippen molar-refractivity contribution in [1.29, 1.82) is 0 Å². The van der Waals surface area contributed by atoms with E-state index in [1.54, 1.807) is 6.92 Å². The van der Waals surface area contributed by atoms with Crippen LogP contribution in [-0.4, -0.2) is 35.0 Å². The van der Waals surface area contributed by atoms with Crippen LogP contribution in [0, 0.1) is 0 Å². The molecule has 1 aliphatic carbocycles. The Bertz CT molecular complexity index is 403. The fourth-order valence-electron chi connectivity index (χ4n) is 2.26. The van der Waals surface area contributed by atoms with Crippen molar-refractivity contribution >= 4 is 15.9 Å². The van der Waals surface area contributed by atoms with Crippen LogP contribution in [-0.2, 0) is 0 Å². The molecular weight excluding hydrogens is 294 g/mol. The molecule has 1 aliphatic rings. The van der Waals surface area contributed by atoms with Crippen molar-refractivity contribution < 1.29 is 10.2 Å². The van der Waals surface area contributed by atoms with E-state index in [0.717, 1.165) is 12.8 Å².